The number of carbonyl (C=O) groups is 2. The van der Waals surface area contributed by atoms with Crippen molar-refractivity contribution in [1.82, 2.24) is 29.1 Å². The number of nitrogens with one attached hydrogen (secondary N) is 2. The number of imidazole rings is 2. The topological polar surface area (TPSA) is 172 Å². The van der Waals surface area contributed by atoms with Crippen LogP contribution in [0.2, 0.25) is 10.0 Å². The molecule has 10 aromatic rings. The van der Waals surface area contributed by atoms with Gasteiger partial charge in [-0.15, -0.1) is 6.42 Å². The molecule has 81 heavy (non-hydrogen) atoms. The standard InChI is InChI=1S/C30H21ClF3N5O.C21H16F3N3O.C9H6ClIN2/c1-17-3-4-20(11-19(17)6-9-24-25-12-22(31)7-5-21(25)14-36-28(24)35)29(40)38-23-8-10-27(26(13-23)30(32,33)34)39-15-18(2)37-16-39;1-4-15-9-16(6-5-13(15)2)20(28)26-17-7-8-19(18(10-17)21(22,23)24)27-11-14(3)25-12-27;10-6-2-1-5-4-13-9(12)8(11)7(5)3-6/h3-5,7-8,10-16H,1-2H3,(H2,35,36)(H,38,40);1,5-12H,2-3H3,(H,26,28);1-4H,(H2,12,13). The Labute approximate surface area is 483 Å². The predicted octanol–water partition coefficient (Wildman–Crippen LogP) is 14.8. The number of anilines is 4. The van der Waals surface area contributed by atoms with Crippen molar-refractivity contribution in [2.75, 3.05) is 22.1 Å². The van der Waals surface area contributed by atoms with Crippen LogP contribution in [-0.4, -0.2) is 40.9 Å². The third kappa shape index (κ3) is 13.9. The van der Waals surface area contributed by atoms with E-state index in [2.05, 4.69) is 70.9 Å². The molecule has 6 N–H and O–H groups in total. The lowest BCUT2D eigenvalue weighted by atomic mass is 10.0. The molecule has 0 bridgehead atoms. The van der Waals surface area contributed by atoms with Gasteiger partial charge in [0.15, 0.2) is 0 Å². The van der Waals surface area contributed by atoms with Crippen LogP contribution in [-0.2, 0) is 12.4 Å². The number of aromatic nitrogens is 6. The summed E-state index contributed by atoms with van der Waals surface area (Å²) in [6, 6.07) is 27.9. The number of benzene rings is 6. The maximum Gasteiger partial charge on any atom is 0.418 e. The van der Waals surface area contributed by atoms with Gasteiger partial charge in [0.2, 0.25) is 0 Å². The second-order valence-corrected chi connectivity index (χ2v) is 20.1. The first-order valence-corrected chi connectivity index (χ1v) is 25.8. The number of pyridine rings is 2. The fourth-order valence-electron chi connectivity index (χ4n) is 8.09. The molecule has 0 saturated heterocycles. The second kappa shape index (κ2) is 24.2. The fourth-order valence-corrected chi connectivity index (χ4v) is 9.04. The van der Waals surface area contributed by atoms with Crippen LogP contribution in [0.3, 0.4) is 0 Å². The van der Waals surface area contributed by atoms with E-state index in [-0.39, 0.29) is 39.7 Å². The molecule has 408 valence electrons. The zero-order valence-corrected chi connectivity index (χ0v) is 46.7. The summed E-state index contributed by atoms with van der Waals surface area (Å²) >= 11 is 14.2. The number of nitrogen functional groups attached to an aromatic ring is 2. The maximum atomic E-state index is 13.9. The highest BCUT2D eigenvalue weighted by Gasteiger charge is 2.36. The SMILES string of the molecule is C#Cc1cc(C(=O)Nc2ccc(-n3cnc(C)c3)c(C(F)(F)F)c2)ccc1C.Cc1cn(-c2ccc(NC(=O)c3ccc(C)c(C#Cc4c(N)ncc5ccc(Cl)cc45)c3)cc2C(F)(F)F)cn1.Nc1ncc2ccc(Cl)cc2c1I. The number of terminal acetylenes is 1. The number of nitrogens with two attached hydrogens (primary N) is 2. The van der Waals surface area contributed by atoms with Crippen molar-refractivity contribution < 1.29 is 35.9 Å². The van der Waals surface area contributed by atoms with E-state index in [4.69, 9.17) is 41.1 Å². The number of halogens is 9. The molecule has 21 heteroatoms. The lowest BCUT2D eigenvalue weighted by Crippen LogP contribution is -2.15. The zero-order chi connectivity index (χ0) is 58.5. The number of nitrogens with zero attached hydrogens (tertiary/aromatic N) is 6. The lowest BCUT2D eigenvalue weighted by Gasteiger charge is -2.15. The molecule has 0 aliphatic heterocycles. The van der Waals surface area contributed by atoms with Crippen LogP contribution in [0.25, 0.3) is 32.9 Å². The van der Waals surface area contributed by atoms with E-state index in [1.165, 1.54) is 64.5 Å². The highest BCUT2D eigenvalue weighted by atomic mass is 127. The predicted molar refractivity (Wildman–Crippen MR) is 314 cm³/mol. The number of carbonyl (C=O) groups excluding carboxylic acids is 2. The molecule has 0 saturated carbocycles. The summed E-state index contributed by atoms with van der Waals surface area (Å²) in [4.78, 5) is 41.7. The highest BCUT2D eigenvalue weighted by molar-refractivity contribution is 14.1. The molecule has 2 amide bonds. The smallest absolute Gasteiger partial charge is 0.383 e. The highest BCUT2D eigenvalue weighted by Crippen LogP contribution is 2.38. The number of amides is 2. The van der Waals surface area contributed by atoms with E-state index in [0.717, 1.165) is 53.4 Å². The van der Waals surface area contributed by atoms with Gasteiger partial charge in [0.25, 0.3) is 11.8 Å². The molecule has 0 atom stereocenters. The summed E-state index contributed by atoms with van der Waals surface area (Å²) in [5, 5.41) is 9.97. The van der Waals surface area contributed by atoms with Crippen LogP contribution in [0.5, 0.6) is 0 Å². The summed E-state index contributed by atoms with van der Waals surface area (Å²) in [6.45, 7) is 7.01. The second-order valence-electron chi connectivity index (χ2n) is 18.1. The number of alkyl halides is 6. The Morgan fingerprint density at radius 1 is 0.580 bits per heavy atom. The molecule has 10 rings (SSSR count). The molecule has 4 aromatic heterocycles. The van der Waals surface area contributed by atoms with E-state index < -0.39 is 35.3 Å². The summed E-state index contributed by atoms with van der Waals surface area (Å²) in [5.74, 6) is 8.23. The van der Waals surface area contributed by atoms with Gasteiger partial charge in [-0.1, -0.05) is 65.2 Å². The number of hydrogen-bond donors (Lipinski definition) is 4. The summed E-state index contributed by atoms with van der Waals surface area (Å²) in [6.07, 6.45) is 5.15. The van der Waals surface area contributed by atoms with Crippen molar-refractivity contribution in [2.45, 2.75) is 40.0 Å². The maximum absolute atomic E-state index is 13.9. The van der Waals surface area contributed by atoms with E-state index >= 15 is 0 Å². The molecule has 4 heterocycles. The molecule has 6 aromatic carbocycles. The Bertz CT molecular complexity index is 4190. The molecule has 0 fully saturated rings. The van der Waals surface area contributed by atoms with Gasteiger partial charge >= 0.3 is 12.4 Å². The van der Waals surface area contributed by atoms with Crippen molar-refractivity contribution >= 4 is 102 Å². The quantitative estimate of drug-likeness (QED) is 0.0724. The first kappa shape index (κ1) is 58.3. The molecule has 12 nitrogen and oxygen atoms in total. The monoisotopic (exact) mass is 1250 g/mol. The van der Waals surface area contributed by atoms with Crippen LogP contribution >= 0.6 is 45.8 Å². The van der Waals surface area contributed by atoms with Gasteiger partial charge in [-0.05, 0) is 146 Å². The van der Waals surface area contributed by atoms with Crippen LogP contribution < -0.4 is 22.1 Å². The Kier molecular flexibility index (Phi) is 17.4. The zero-order valence-electron chi connectivity index (χ0n) is 43.0. The molecule has 0 aliphatic rings. The number of fused-ring (bicyclic) bond motifs is 2. The third-order valence-corrected chi connectivity index (χ3v) is 13.9. The van der Waals surface area contributed by atoms with Gasteiger partial charge in [0, 0.05) is 90.0 Å². The average Bonchev–Trinajstić information content (AvgIpc) is 4.23. The van der Waals surface area contributed by atoms with Crippen LogP contribution in [0.1, 0.15) is 71.0 Å². The van der Waals surface area contributed by atoms with Crippen LogP contribution in [0, 0.1) is 55.4 Å². The van der Waals surface area contributed by atoms with Gasteiger partial charge in [-0.2, -0.15) is 26.3 Å². The van der Waals surface area contributed by atoms with Gasteiger partial charge in [0.1, 0.15) is 11.6 Å². The molecule has 0 radical (unpaired) electrons. The van der Waals surface area contributed by atoms with Gasteiger partial charge in [-0.25, -0.2) is 19.9 Å². The van der Waals surface area contributed by atoms with E-state index in [1.54, 1.807) is 68.7 Å². The number of hydrogen-bond acceptors (Lipinski definition) is 8. The normalized spacial score (nSPS) is 11.1. The first-order valence-electron chi connectivity index (χ1n) is 24.0. The molecule has 0 aliphatic carbocycles. The van der Waals surface area contributed by atoms with Crippen molar-refractivity contribution in [3.63, 3.8) is 0 Å². The first-order chi connectivity index (χ1) is 38.4. The minimum atomic E-state index is -4.65. The number of aryl methyl sites for hydroxylation is 4. The van der Waals surface area contributed by atoms with Crippen molar-refractivity contribution in [3.8, 4) is 35.6 Å². The Hall–Kier alpha value is -8.89. The summed E-state index contributed by atoms with van der Waals surface area (Å²) < 4.78 is 85.8. The van der Waals surface area contributed by atoms with E-state index in [0.29, 0.717) is 38.9 Å². The van der Waals surface area contributed by atoms with Crippen LogP contribution in [0.15, 0.2) is 147 Å². The average molecular weight is 1250 g/mol. The minimum Gasteiger partial charge on any atom is -0.383 e. The molecular formula is C60H43Cl2F6IN10O2. The van der Waals surface area contributed by atoms with Crippen molar-refractivity contribution in [2.24, 2.45) is 0 Å². The Morgan fingerprint density at radius 2 is 1.04 bits per heavy atom. The van der Waals surface area contributed by atoms with Gasteiger partial charge < -0.3 is 31.2 Å². The van der Waals surface area contributed by atoms with E-state index in [1.807, 2.05) is 38.1 Å². The largest absolute Gasteiger partial charge is 0.418 e. The summed E-state index contributed by atoms with van der Waals surface area (Å²) in [5.41, 5.74) is 14.7. The van der Waals surface area contributed by atoms with Crippen molar-refractivity contribution in [1.29, 1.82) is 0 Å². The third-order valence-electron chi connectivity index (χ3n) is 12.3. The Balaban J connectivity index is 0.000000180. The van der Waals surface area contributed by atoms with E-state index in [9.17, 15) is 35.9 Å². The van der Waals surface area contributed by atoms with Crippen molar-refractivity contribution in [3.05, 3.63) is 222 Å². The van der Waals surface area contributed by atoms with Gasteiger partial charge in [0.05, 0.1) is 55.7 Å². The number of rotatable bonds is 6. The van der Waals surface area contributed by atoms with Gasteiger partial charge in [-0.3, -0.25) is 9.59 Å². The van der Waals surface area contributed by atoms with Crippen LogP contribution in [0.4, 0.5) is 49.4 Å². The molecule has 0 unspecified atom stereocenters. The lowest BCUT2D eigenvalue weighted by molar-refractivity contribution is -0.138. The molecular weight excluding hydrogens is 1200 g/mol. The Morgan fingerprint density at radius 3 is 1.51 bits per heavy atom. The summed E-state index contributed by atoms with van der Waals surface area (Å²) in [7, 11) is 0. The fraction of sp³-hybridized carbons (Fsp3) is 0.100. The molecule has 0 spiro atoms. The minimum absolute atomic E-state index is 0.00222.